The Morgan fingerprint density at radius 3 is 1.33 bits per heavy atom. The Kier molecular flexibility index (Phi) is 4.89. The Balaban J connectivity index is 1.34. The van der Waals surface area contributed by atoms with Crippen LogP contribution >= 0.6 is 0 Å². The number of hydrogen-bond donors (Lipinski definition) is 0. The molecule has 6 aromatic rings. The maximum Gasteiger partial charge on any atom is 0.0468 e. The number of aryl methyl sites for hydroxylation is 1. The SMILES string of the molecule is c1ccc(C(CCn2cc3c(c2)-c2cccc4cccc-3c24)(c2ccccc2)c2ccccc2)cc1. The first kappa shape index (κ1) is 21.0. The fourth-order valence-corrected chi connectivity index (χ4v) is 6.25. The molecule has 0 bridgehead atoms. The minimum Gasteiger partial charge on any atom is -0.353 e. The molecule has 0 saturated heterocycles. The predicted octanol–water partition coefficient (Wildman–Crippen LogP) is 8.71. The van der Waals surface area contributed by atoms with Crippen molar-refractivity contribution in [1.29, 1.82) is 0 Å². The average molecular weight is 462 g/mol. The zero-order valence-corrected chi connectivity index (χ0v) is 20.1. The molecule has 1 heteroatoms. The fourth-order valence-electron chi connectivity index (χ4n) is 6.25. The second-order valence-electron chi connectivity index (χ2n) is 9.79. The molecule has 1 heterocycles. The molecule has 0 atom stereocenters. The molecule has 1 nitrogen and oxygen atoms in total. The van der Waals surface area contributed by atoms with Crippen LogP contribution in [0.4, 0.5) is 0 Å². The van der Waals surface area contributed by atoms with Crippen molar-refractivity contribution in [3.63, 3.8) is 0 Å². The summed E-state index contributed by atoms with van der Waals surface area (Å²) >= 11 is 0. The number of nitrogens with zero attached hydrogens (tertiary/aromatic N) is 1. The van der Waals surface area contributed by atoms with Crippen molar-refractivity contribution in [2.24, 2.45) is 0 Å². The molecule has 0 saturated carbocycles. The Labute approximate surface area is 212 Å². The molecular weight excluding hydrogens is 434 g/mol. The normalized spacial score (nSPS) is 12.1. The monoisotopic (exact) mass is 461 g/mol. The second-order valence-corrected chi connectivity index (χ2v) is 9.79. The van der Waals surface area contributed by atoms with E-state index in [1.165, 1.54) is 49.7 Å². The van der Waals surface area contributed by atoms with Crippen LogP contribution in [0.2, 0.25) is 0 Å². The van der Waals surface area contributed by atoms with Gasteiger partial charge in [0, 0.05) is 35.5 Å². The lowest BCUT2D eigenvalue weighted by atomic mass is 9.67. The van der Waals surface area contributed by atoms with Crippen LogP contribution in [0.1, 0.15) is 23.1 Å². The highest BCUT2D eigenvalue weighted by molar-refractivity contribution is 6.15. The smallest absolute Gasteiger partial charge is 0.0468 e. The first-order valence-electron chi connectivity index (χ1n) is 12.7. The van der Waals surface area contributed by atoms with E-state index >= 15 is 0 Å². The minimum absolute atomic E-state index is 0.240. The third-order valence-electron chi connectivity index (χ3n) is 7.91. The number of benzene rings is 5. The lowest BCUT2D eigenvalue weighted by Gasteiger charge is -2.36. The van der Waals surface area contributed by atoms with Gasteiger partial charge < -0.3 is 4.57 Å². The molecule has 1 aliphatic rings. The van der Waals surface area contributed by atoms with Crippen molar-refractivity contribution in [3.8, 4) is 22.3 Å². The highest BCUT2D eigenvalue weighted by Gasteiger charge is 2.36. The highest BCUT2D eigenvalue weighted by Crippen LogP contribution is 2.48. The number of fused-ring (bicyclic) bond motifs is 3. The van der Waals surface area contributed by atoms with E-state index in [1.807, 2.05) is 0 Å². The molecule has 0 unspecified atom stereocenters. The summed E-state index contributed by atoms with van der Waals surface area (Å²) in [6.07, 6.45) is 5.68. The molecule has 7 rings (SSSR count). The summed E-state index contributed by atoms with van der Waals surface area (Å²) in [4.78, 5) is 0. The second kappa shape index (κ2) is 8.39. The number of hydrogen-bond acceptors (Lipinski definition) is 0. The molecule has 0 fully saturated rings. The zero-order valence-electron chi connectivity index (χ0n) is 20.1. The topological polar surface area (TPSA) is 4.93 Å². The molecule has 0 radical (unpaired) electrons. The van der Waals surface area contributed by atoms with E-state index in [9.17, 15) is 0 Å². The van der Waals surface area contributed by atoms with E-state index in [1.54, 1.807) is 0 Å². The van der Waals surface area contributed by atoms with Crippen LogP contribution in [0.15, 0.2) is 140 Å². The molecule has 0 spiro atoms. The van der Waals surface area contributed by atoms with Gasteiger partial charge >= 0.3 is 0 Å². The quantitative estimate of drug-likeness (QED) is 0.218. The van der Waals surface area contributed by atoms with Gasteiger partial charge in [-0.3, -0.25) is 0 Å². The van der Waals surface area contributed by atoms with Gasteiger partial charge in [-0.25, -0.2) is 0 Å². The number of aromatic nitrogens is 1. The maximum absolute atomic E-state index is 2.41. The maximum atomic E-state index is 2.41. The van der Waals surface area contributed by atoms with Gasteiger partial charge in [0.25, 0.3) is 0 Å². The van der Waals surface area contributed by atoms with Gasteiger partial charge in [-0.15, -0.1) is 0 Å². The Morgan fingerprint density at radius 1 is 0.444 bits per heavy atom. The van der Waals surface area contributed by atoms with Gasteiger partial charge in [0.1, 0.15) is 0 Å². The van der Waals surface area contributed by atoms with Crippen molar-refractivity contribution in [3.05, 3.63) is 156 Å². The summed E-state index contributed by atoms with van der Waals surface area (Å²) in [6, 6.07) is 46.4. The lowest BCUT2D eigenvalue weighted by molar-refractivity contribution is 0.499. The first-order chi connectivity index (χ1) is 17.8. The summed E-state index contributed by atoms with van der Waals surface area (Å²) in [6.45, 7) is 0.920. The van der Waals surface area contributed by atoms with Crippen molar-refractivity contribution >= 4 is 10.8 Å². The van der Waals surface area contributed by atoms with Crippen molar-refractivity contribution in [1.82, 2.24) is 4.57 Å². The van der Waals surface area contributed by atoms with Crippen LogP contribution in [0.5, 0.6) is 0 Å². The van der Waals surface area contributed by atoms with E-state index in [0.717, 1.165) is 13.0 Å². The Hall–Kier alpha value is -4.36. The molecule has 1 aromatic heterocycles. The Bertz CT molecular complexity index is 1510. The molecule has 0 N–H and O–H groups in total. The lowest BCUT2D eigenvalue weighted by Crippen LogP contribution is -2.31. The molecule has 36 heavy (non-hydrogen) atoms. The molecule has 1 aliphatic carbocycles. The molecular formula is C35H27N. The summed E-state index contributed by atoms with van der Waals surface area (Å²) in [5, 5.41) is 2.72. The summed E-state index contributed by atoms with van der Waals surface area (Å²) in [7, 11) is 0. The third-order valence-corrected chi connectivity index (χ3v) is 7.91. The van der Waals surface area contributed by atoms with Crippen LogP contribution in [0.3, 0.4) is 0 Å². The third kappa shape index (κ3) is 3.17. The van der Waals surface area contributed by atoms with Gasteiger partial charge in [0.2, 0.25) is 0 Å². The van der Waals surface area contributed by atoms with E-state index < -0.39 is 0 Å². The van der Waals surface area contributed by atoms with Crippen LogP contribution in [-0.2, 0) is 12.0 Å². The van der Waals surface area contributed by atoms with Gasteiger partial charge in [-0.2, -0.15) is 0 Å². The van der Waals surface area contributed by atoms with Gasteiger partial charge in [0.05, 0.1) is 0 Å². The molecule has 5 aromatic carbocycles. The zero-order chi connectivity index (χ0) is 24.0. The molecule has 172 valence electrons. The van der Waals surface area contributed by atoms with Crippen LogP contribution in [-0.4, -0.2) is 4.57 Å². The fraction of sp³-hybridized carbons (Fsp3) is 0.0857. The van der Waals surface area contributed by atoms with Crippen LogP contribution in [0.25, 0.3) is 33.0 Å². The van der Waals surface area contributed by atoms with Gasteiger partial charge in [0.15, 0.2) is 0 Å². The van der Waals surface area contributed by atoms with Crippen molar-refractivity contribution < 1.29 is 0 Å². The van der Waals surface area contributed by atoms with Gasteiger partial charge in [-0.05, 0) is 45.0 Å². The Morgan fingerprint density at radius 2 is 0.889 bits per heavy atom. The van der Waals surface area contributed by atoms with Gasteiger partial charge in [-0.1, -0.05) is 127 Å². The summed E-state index contributed by atoms with van der Waals surface area (Å²) in [5.74, 6) is 0. The largest absolute Gasteiger partial charge is 0.353 e. The average Bonchev–Trinajstić information content (AvgIpc) is 3.50. The standard InChI is InChI=1S/C35H27N/c1-4-14-27(15-5-1)35(28-16-6-2-7-17-28,29-18-8-3-9-19-29)22-23-36-24-32-30-20-10-12-26-13-11-21-31(34(26)30)33(32)25-36/h1-21,24-25H,22-23H2. The highest BCUT2D eigenvalue weighted by atomic mass is 14.9. The number of rotatable bonds is 6. The van der Waals surface area contributed by atoms with E-state index in [0.29, 0.717) is 0 Å². The van der Waals surface area contributed by atoms with Crippen LogP contribution in [0, 0.1) is 0 Å². The summed E-state index contributed by atoms with van der Waals surface area (Å²) < 4.78 is 2.41. The molecule has 0 amide bonds. The van der Waals surface area contributed by atoms with E-state index in [-0.39, 0.29) is 5.41 Å². The minimum atomic E-state index is -0.240. The first-order valence-corrected chi connectivity index (χ1v) is 12.7. The van der Waals surface area contributed by atoms with Crippen molar-refractivity contribution in [2.75, 3.05) is 0 Å². The van der Waals surface area contributed by atoms with E-state index in [2.05, 4.69) is 144 Å². The van der Waals surface area contributed by atoms with Crippen molar-refractivity contribution in [2.45, 2.75) is 18.4 Å². The summed E-state index contributed by atoms with van der Waals surface area (Å²) in [5.41, 5.74) is 9.18. The predicted molar refractivity (Wildman–Crippen MR) is 150 cm³/mol. The van der Waals surface area contributed by atoms with Crippen LogP contribution < -0.4 is 0 Å². The molecule has 0 aliphatic heterocycles. The van der Waals surface area contributed by atoms with E-state index in [4.69, 9.17) is 0 Å².